The van der Waals surface area contributed by atoms with Gasteiger partial charge >= 0.3 is 17.9 Å². The van der Waals surface area contributed by atoms with E-state index in [0.29, 0.717) is 12.8 Å². The Bertz CT molecular complexity index is 1120. The van der Waals surface area contributed by atoms with Crippen LogP contribution in [0.2, 0.25) is 0 Å². The summed E-state index contributed by atoms with van der Waals surface area (Å²) in [6, 6.07) is 0. The molecule has 0 amide bonds. The fraction of sp³-hybridized carbons (Fsp3) is 0.812. The highest BCUT2D eigenvalue weighted by atomic mass is 16.7. The summed E-state index contributed by atoms with van der Waals surface area (Å²) < 4.78 is 21.7. The van der Waals surface area contributed by atoms with E-state index in [1.807, 2.05) is 0 Å². The topological polar surface area (TPSA) is 169 Å². The molecule has 59 heavy (non-hydrogen) atoms. The van der Waals surface area contributed by atoms with Crippen molar-refractivity contribution in [3.05, 3.63) is 36.5 Å². The first-order chi connectivity index (χ1) is 28.7. The van der Waals surface area contributed by atoms with Crippen LogP contribution in [0.4, 0.5) is 0 Å². The minimum absolute atomic E-state index is 0.171. The molecule has 0 aromatic rings. The Kier molecular flexibility index (Phi) is 35.4. The van der Waals surface area contributed by atoms with Crippen LogP contribution in [0.1, 0.15) is 200 Å². The third-order valence-corrected chi connectivity index (χ3v) is 10.7. The van der Waals surface area contributed by atoms with Crippen LogP contribution >= 0.6 is 0 Å². The molecule has 1 fully saturated rings. The van der Waals surface area contributed by atoms with E-state index < -0.39 is 61.3 Å². The third kappa shape index (κ3) is 30.2. The maximum absolute atomic E-state index is 12.8. The van der Waals surface area contributed by atoms with Crippen LogP contribution < -0.4 is 0 Å². The highest BCUT2D eigenvalue weighted by molar-refractivity contribution is 5.73. The van der Waals surface area contributed by atoms with Crippen LogP contribution in [0, 0.1) is 0 Å². The van der Waals surface area contributed by atoms with Crippen molar-refractivity contribution in [1.29, 1.82) is 0 Å². The van der Waals surface area contributed by atoms with Crippen LogP contribution in [-0.2, 0) is 33.3 Å². The fourth-order valence-corrected chi connectivity index (χ4v) is 6.96. The van der Waals surface area contributed by atoms with Gasteiger partial charge in [0.1, 0.15) is 24.9 Å². The summed E-state index contributed by atoms with van der Waals surface area (Å²) in [6.07, 6.45) is 34.7. The summed E-state index contributed by atoms with van der Waals surface area (Å²) in [5.74, 6) is -2.46. The smallest absolute Gasteiger partial charge is 0.335 e. The van der Waals surface area contributed by atoms with Crippen molar-refractivity contribution in [2.75, 3.05) is 13.2 Å². The number of hydrogen-bond acceptors (Lipinski definition) is 10. The van der Waals surface area contributed by atoms with Crippen LogP contribution in [-0.4, -0.2) is 88.4 Å². The van der Waals surface area contributed by atoms with Gasteiger partial charge < -0.3 is 39.4 Å². The monoisotopic (exact) mass is 837 g/mol. The first-order valence-electron chi connectivity index (χ1n) is 23.5. The molecule has 11 heteroatoms. The molecule has 11 nitrogen and oxygen atoms in total. The summed E-state index contributed by atoms with van der Waals surface area (Å²) >= 11 is 0. The minimum atomic E-state index is -1.86. The highest BCUT2D eigenvalue weighted by Gasteiger charge is 2.47. The van der Waals surface area contributed by atoms with Crippen molar-refractivity contribution in [2.45, 2.75) is 237 Å². The molecule has 1 aliphatic heterocycles. The van der Waals surface area contributed by atoms with E-state index in [-0.39, 0.29) is 19.4 Å². The summed E-state index contributed by atoms with van der Waals surface area (Å²) in [5.41, 5.74) is 0. The van der Waals surface area contributed by atoms with Gasteiger partial charge in [-0.05, 0) is 70.6 Å². The molecule has 4 N–H and O–H groups in total. The number of carboxylic acids is 1. The van der Waals surface area contributed by atoms with Crippen molar-refractivity contribution in [3.8, 4) is 0 Å². The molecule has 6 unspecified atom stereocenters. The molecule has 0 aliphatic carbocycles. The van der Waals surface area contributed by atoms with Crippen molar-refractivity contribution >= 4 is 17.9 Å². The quantitative estimate of drug-likeness (QED) is 0.0264. The second kappa shape index (κ2) is 38.4. The van der Waals surface area contributed by atoms with Crippen LogP contribution in [0.3, 0.4) is 0 Å². The molecule has 0 aromatic heterocycles. The van der Waals surface area contributed by atoms with Gasteiger partial charge in [0.15, 0.2) is 18.5 Å². The molecular weight excluding hydrogens is 753 g/mol. The Labute approximate surface area is 357 Å². The molecular formula is C48H84O11. The lowest BCUT2D eigenvalue weighted by molar-refractivity contribution is -0.298. The number of rotatable bonds is 39. The molecule has 1 heterocycles. The molecule has 342 valence electrons. The molecule has 6 atom stereocenters. The number of aliphatic hydroxyl groups is 3. The second-order valence-electron chi connectivity index (χ2n) is 16.2. The van der Waals surface area contributed by atoms with Gasteiger partial charge in [-0.15, -0.1) is 0 Å². The molecule has 0 saturated carbocycles. The Morgan fingerprint density at radius 2 is 0.949 bits per heavy atom. The van der Waals surface area contributed by atoms with Crippen molar-refractivity contribution in [1.82, 2.24) is 0 Å². The number of esters is 2. The van der Waals surface area contributed by atoms with E-state index in [0.717, 1.165) is 70.6 Å². The van der Waals surface area contributed by atoms with Gasteiger partial charge in [0.05, 0.1) is 6.61 Å². The predicted octanol–water partition coefficient (Wildman–Crippen LogP) is 10.4. The summed E-state index contributed by atoms with van der Waals surface area (Å²) in [7, 11) is 0. The summed E-state index contributed by atoms with van der Waals surface area (Å²) in [6.45, 7) is 3.78. The minimum Gasteiger partial charge on any atom is -0.479 e. The van der Waals surface area contributed by atoms with E-state index in [2.05, 4.69) is 50.3 Å². The van der Waals surface area contributed by atoms with E-state index in [4.69, 9.17) is 18.9 Å². The van der Waals surface area contributed by atoms with E-state index in [1.54, 1.807) is 0 Å². The first-order valence-corrected chi connectivity index (χ1v) is 23.5. The van der Waals surface area contributed by atoms with Crippen molar-refractivity contribution in [2.24, 2.45) is 0 Å². The lowest BCUT2D eigenvalue weighted by Gasteiger charge is -2.38. The van der Waals surface area contributed by atoms with Crippen molar-refractivity contribution in [3.63, 3.8) is 0 Å². The van der Waals surface area contributed by atoms with Gasteiger partial charge in [-0.3, -0.25) is 9.59 Å². The number of carbonyl (C=O) groups excluding carboxylic acids is 2. The van der Waals surface area contributed by atoms with Crippen LogP contribution in [0.15, 0.2) is 36.5 Å². The molecule has 0 aromatic carbocycles. The number of aliphatic carboxylic acids is 1. The summed E-state index contributed by atoms with van der Waals surface area (Å²) in [4.78, 5) is 36.9. The number of hydrogen-bond donors (Lipinski definition) is 4. The van der Waals surface area contributed by atoms with E-state index in [1.165, 1.54) is 89.9 Å². The third-order valence-electron chi connectivity index (χ3n) is 10.7. The maximum atomic E-state index is 12.8. The first kappa shape index (κ1) is 54.4. The Morgan fingerprint density at radius 1 is 0.525 bits per heavy atom. The SMILES string of the molecule is CCCCCC/C=C\C/C=C\CCCCCCCCCC(=O)OCC(COC1OC(C(=O)O)C(O)C(O)C1O)OC(=O)CCCCCCC/C=C\CCCCCCCC. The van der Waals surface area contributed by atoms with E-state index in [9.17, 15) is 34.8 Å². The van der Waals surface area contributed by atoms with Gasteiger partial charge in [0, 0.05) is 12.8 Å². The number of unbranched alkanes of at least 4 members (excludes halogenated alkanes) is 22. The van der Waals surface area contributed by atoms with Crippen molar-refractivity contribution < 1.29 is 53.8 Å². The molecule has 1 aliphatic rings. The molecule has 0 bridgehead atoms. The normalized spacial score (nSPS) is 20.2. The van der Waals surface area contributed by atoms with Gasteiger partial charge in [0.25, 0.3) is 0 Å². The lowest BCUT2D eigenvalue weighted by atomic mass is 9.99. The van der Waals surface area contributed by atoms with Gasteiger partial charge in [-0.2, -0.15) is 0 Å². The number of allylic oxidation sites excluding steroid dienone is 6. The molecule has 1 rings (SSSR count). The molecule has 0 radical (unpaired) electrons. The van der Waals surface area contributed by atoms with Gasteiger partial charge in [-0.1, -0.05) is 153 Å². The number of carboxylic acid groups (broad SMARTS) is 1. The molecule has 0 spiro atoms. The zero-order chi connectivity index (χ0) is 43.2. The van der Waals surface area contributed by atoms with E-state index >= 15 is 0 Å². The predicted molar refractivity (Wildman–Crippen MR) is 234 cm³/mol. The second-order valence-corrected chi connectivity index (χ2v) is 16.2. The zero-order valence-corrected chi connectivity index (χ0v) is 37.0. The Balaban J connectivity index is 2.36. The lowest BCUT2D eigenvalue weighted by Crippen LogP contribution is -2.60. The molecule has 1 saturated heterocycles. The average Bonchev–Trinajstić information content (AvgIpc) is 3.22. The largest absolute Gasteiger partial charge is 0.479 e. The zero-order valence-electron chi connectivity index (χ0n) is 37.0. The van der Waals surface area contributed by atoms with Gasteiger partial charge in [0.2, 0.25) is 0 Å². The number of carbonyl (C=O) groups is 3. The number of aliphatic hydroxyl groups excluding tert-OH is 3. The Hall–Kier alpha value is -2.57. The number of ether oxygens (including phenoxy) is 4. The van der Waals surface area contributed by atoms with Gasteiger partial charge in [-0.25, -0.2) is 4.79 Å². The highest BCUT2D eigenvalue weighted by Crippen LogP contribution is 2.23. The Morgan fingerprint density at radius 3 is 1.44 bits per heavy atom. The van der Waals surface area contributed by atoms with Crippen LogP contribution in [0.5, 0.6) is 0 Å². The fourth-order valence-electron chi connectivity index (χ4n) is 6.96. The maximum Gasteiger partial charge on any atom is 0.335 e. The average molecular weight is 837 g/mol. The standard InChI is InChI=1S/C48H84O11/c1-3-5-7-9-11-13-15-17-19-20-21-23-24-26-28-30-32-34-36-41(49)56-38-40(39-57-48-45(53)43(51)44(52)46(59-48)47(54)55)58-42(50)37-35-33-31-29-27-25-22-18-16-14-12-10-8-6-4-2/h13,15,18-20,22,40,43-46,48,51-53H,3-12,14,16-17,21,23-39H2,1-2H3,(H,54,55)/b15-13-,20-19-,22-18-. The summed E-state index contributed by atoms with van der Waals surface area (Å²) in [5, 5.41) is 39.8. The van der Waals surface area contributed by atoms with Crippen LogP contribution in [0.25, 0.3) is 0 Å².